The van der Waals surface area contributed by atoms with E-state index in [4.69, 9.17) is 11.6 Å². The Kier molecular flexibility index (Phi) is 4.48. The van der Waals surface area contributed by atoms with Crippen LogP contribution in [0.1, 0.15) is 17.3 Å². The highest BCUT2D eigenvalue weighted by atomic mass is 35.5. The van der Waals surface area contributed by atoms with Gasteiger partial charge in [-0.3, -0.25) is 9.88 Å². The first-order valence-electron chi connectivity index (χ1n) is 7.16. The second kappa shape index (κ2) is 6.52. The summed E-state index contributed by atoms with van der Waals surface area (Å²) in [7, 11) is 2.18. The van der Waals surface area contributed by atoms with Crippen molar-refractivity contribution in [1.82, 2.24) is 19.8 Å². The highest BCUT2D eigenvalue weighted by Crippen LogP contribution is 2.26. The van der Waals surface area contributed by atoms with Crippen LogP contribution in [-0.2, 0) is 6.54 Å². The van der Waals surface area contributed by atoms with Crippen LogP contribution in [0.5, 0.6) is 0 Å². The number of halogens is 1. The molecule has 1 aliphatic heterocycles. The summed E-state index contributed by atoms with van der Waals surface area (Å²) in [5.41, 5.74) is 2.32. The molecule has 1 saturated heterocycles. The molecule has 0 N–H and O–H groups in total. The van der Waals surface area contributed by atoms with Gasteiger partial charge < -0.3 is 4.90 Å². The number of nitrogens with zero attached hydrogens (tertiary/aromatic N) is 4. The lowest BCUT2D eigenvalue weighted by Crippen LogP contribution is -2.46. The van der Waals surface area contributed by atoms with Gasteiger partial charge in [0.05, 0.1) is 18.1 Å². The van der Waals surface area contributed by atoms with Crippen LogP contribution in [0.2, 0.25) is 5.15 Å². The molecule has 0 radical (unpaired) electrons. The van der Waals surface area contributed by atoms with Gasteiger partial charge in [0.25, 0.3) is 0 Å². The van der Waals surface area contributed by atoms with Gasteiger partial charge in [-0.15, -0.1) is 0 Å². The summed E-state index contributed by atoms with van der Waals surface area (Å²) < 4.78 is 0. The predicted molar refractivity (Wildman–Crippen MR) is 84.1 cm³/mol. The van der Waals surface area contributed by atoms with E-state index in [1.54, 1.807) is 12.4 Å². The summed E-state index contributed by atoms with van der Waals surface area (Å²) in [5, 5.41) is 0.441. The second-order valence-corrected chi connectivity index (χ2v) is 5.88. The van der Waals surface area contributed by atoms with E-state index in [1.165, 1.54) is 5.56 Å². The van der Waals surface area contributed by atoms with Crippen LogP contribution in [0.4, 0.5) is 0 Å². The number of aromatic nitrogens is 2. The third-order valence-corrected chi connectivity index (χ3v) is 4.11. The van der Waals surface area contributed by atoms with Gasteiger partial charge in [-0.25, -0.2) is 4.98 Å². The van der Waals surface area contributed by atoms with Crippen LogP contribution in [0.3, 0.4) is 0 Å². The van der Waals surface area contributed by atoms with Crippen molar-refractivity contribution in [3.05, 3.63) is 59.1 Å². The largest absolute Gasteiger partial charge is 0.303 e. The van der Waals surface area contributed by atoms with E-state index >= 15 is 0 Å². The van der Waals surface area contributed by atoms with Gasteiger partial charge in [-0.05, 0) is 12.6 Å². The molecule has 0 amide bonds. The molecule has 4 nitrogen and oxygen atoms in total. The third kappa shape index (κ3) is 3.59. The molecule has 0 spiro atoms. The molecule has 1 aromatic heterocycles. The lowest BCUT2D eigenvalue weighted by molar-refractivity contribution is 0.0822. The average molecular weight is 303 g/mol. The topological polar surface area (TPSA) is 32.3 Å². The number of rotatable bonds is 3. The second-order valence-electron chi connectivity index (χ2n) is 5.49. The minimum absolute atomic E-state index is 0.391. The Morgan fingerprint density at radius 2 is 1.95 bits per heavy atom. The minimum Gasteiger partial charge on any atom is -0.303 e. The van der Waals surface area contributed by atoms with Crippen molar-refractivity contribution in [2.24, 2.45) is 0 Å². The average Bonchev–Trinajstić information content (AvgIpc) is 2.52. The van der Waals surface area contributed by atoms with E-state index in [-0.39, 0.29) is 0 Å². The van der Waals surface area contributed by atoms with E-state index in [9.17, 15) is 0 Å². The molecular formula is C16H19ClN4. The third-order valence-electron chi connectivity index (χ3n) is 3.92. The quantitative estimate of drug-likeness (QED) is 0.872. The standard InChI is InChI=1S/C16H19ClN4/c1-20-7-8-21(11-14-9-19-16(17)10-18-14)15(12-20)13-5-3-2-4-6-13/h2-6,9-10,15H,7-8,11-12H2,1H3. The zero-order chi connectivity index (χ0) is 14.7. The Bertz CT molecular complexity index is 573. The summed E-state index contributed by atoms with van der Waals surface area (Å²) in [6.07, 6.45) is 3.38. The van der Waals surface area contributed by atoms with Gasteiger partial charge in [-0.1, -0.05) is 41.9 Å². The normalized spacial score (nSPS) is 20.6. The van der Waals surface area contributed by atoms with Gasteiger partial charge >= 0.3 is 0 Å². The Balaban J connectivity index is 1.79. The van der Waals surface area contributed by atoms with Gasteiger partial charge in [-0.2, -0.15) is 0 Å². The highest BCUT2D eigenvalue weighted by Gasteiger charge is 2.26. The van der Waals surface area contributed by atoms with Crippen LogP contribution in [0.25, 0.3) is 0 Å². The summed E-state index contributed by atoms with van der Waals surface area (Å²) in [6, 6.07) is 11.1. The van der Waals surface area contributed by atoms with Crippen LogP contribution < -0.4 is 0 Å². The smallest absolute Gasteiger partial charge is 0.147 e. The van der Waals surface area contributed by atoms with E-state index in [1.807, 2.05) is 0 Å². The molecule has 5 heteroatoms. The zero-order valence-corrected chi connectivity index (χ0v) is 12.9. The van der Waals surface area contributed by atoms with E-state index in [2.05, 4.69) is 57.1 Å². The molecule has 3 rings (SSSR count). The first-order valence-corrected chi connectivity index (χ1v) is 7.54. The van der Waals surface area contributed by atoms with Crippen molar-refractivity contribution in [2.45, 2.75) is 12.6 Å². The van der Waals surface area contributed by atoms with E-state index in [0.29, 0.717) is 11.2 Å². The van der Waals surface area contributed by atoms with Crippen molar-refractivity contribution < 1.29 is 0 Å². The Hall–Kier alpha value is -1.49. The maximum Gasteiger partial charge on any atom is 0.147 e. The summed E-state index contributed by atoms with van der Waals surface area (Å²) in [6.45, 7) is 3.94. The highest BCUT2D eigenvalue weighted by molar-refractivity contribution is 6.29. The summed E-state index contributed by atoms with van der Waals surface area (Å²) in [4.78, 5) is 13.3. The number of likely N-dealkylation sites (N-methyl/N-ethyl adjacent to an activating group) is 1. The minimum atomic E-state index is 0.391. The molecule has 0 bridgehead atoms. The number of piperazine rings is 1. The fourth-order valence-corrected chi connectivity index (χ4v) is 2.86. The molecule has 2 heterocycles. The zero-order valence-electron chi connectivity index (χ0n) is 12.1. The maximum atomic E-state index is 5.80. The van der Waals surface area contributed by atoms with Crippen LogP contribution in [-0.4, -0.2) is 46.4 Å². The molecule has 1 unspecified atom stereocenters. The molecule has 0 saturated carbocycles. The van der Waals surface area contributed by atoms with Gasteiger partial charge in [0.1, 0.15) is 5.15 Å². The fraction of sp³-hybridized carbons (Fsp3) is 0.375. The molecule has 21 heavy (non-hydrogen) atoms. The number of benzene rings is 1. The lowest BCUT2D eigenvalue weighted by atomic mass is 10.0. The van der Waals surface area contributed by atoms with Crippen molar-refractivity contribution in [3.63, 3.8) is 0 Å². The van der Waals surface area contributed by atoms with Gasteiger partial charge in [0.2, 0.25) is 0 Å². The SMILES string of the molecule is CN1CCN(Cc2cnc(Cl)cn2)C(c2ccccc2)C1. The number of hydrogen-bond acceptors (Lipinski definition) is 4. The Morgan fingerprint density at radius 3 is 2.67 bits per heavy atom. The monoisotopic (exact) mass is 302 g/mol. The van der Waals surface area contributed by atoms with Crippen LogP contribution in [0.15, 0.2) is 42.7 Å². The van der Waals surface area contributed by atoms with Crippen LogP contribution >= 0.6 is 11.6 Å². The van der Waals surface area contributed by atoms with Crippen molar-refractivity contribution >= 4 is 11.6 Å². The van der Waals surface area contributed by atoms with Gasteiger partial charge in [0.15, 0.2) is 0 Å². The molecule has 1 aliphatic rings. The molecule has 1 atom stereocenters. The molecule has 0 aliphatic carbocycles. The Labute approximate surface area is 130 Å². The molecule has 2 aromatic rings. The Morgan fingerprint density at radius 1 is 1.14 bits per heavy atom. The van der Waals surface area contributed by atoms with E-state index in [0.717, 1.165) is 31.9 Å². The number of hydrogen-bond donors (Lipinski definition) is 0. The maximum absolute atomic E-state index is 5.80. The van der Waals surface area contributed by atoms with E-state index < -0.39 is 0 Å². The molecule has 1 fully saturated rings. The molecule has 1 aromatic carbocycles. The van der Waals surface area contributed by atoms with Crippen molar-refractivity contribution in [3.8, 4) is 0 Å². The first-order chi connectivity index (χ1) is 10.2. The van der Waals surface area contributed by atoms with Crippen LogP contribution in [0, 0.1) is 0 Å². The molecule has 110 valence electrons. The summed E-state index contributed by atoms with van der Waals surface area (Å²) >= 11 is 5.80. The van der Waals surface area contributed by atoms with Crippen molar-refractivity contribution in [1.29, 1.82) is 0 Å². The van der Waals surface area contributed by atoms with Gasteiger partial charge in [0, 0.05) is 32.2 Å². The first kappa shape index (κ1) is 14.4. The predicted octanol–water partition coefficient (Wildman–Crippen LogP) is 2.62. The lowest BCUT2D eigenvalue weighted by Gasteiger charge is -2.40. The molecular weight excluding hydrogens is 284 g/mol. The van der Waals surface area contributed by atoms with Crippen molar-refractivity contribution in [2.75, 3.05) is 26.7 Å². The fourth-order valence-electron chi connectivity index (χ4n) is 2.77. The summed E-state index contributed by atoms with van der Waals surface area (Å²) in [5.74, 6) is 0.